The van der Waals surface area contributed by atoms with Gasteiger partial charge in [0.15, 0.2) is 17.3 Å². The first-order chi connectivity index (χ1) is 10.2. The second kappa shape index (κ2) is 4.63. The molecule has 0 N–H and O–H groups in total. The van der Waals surface area contributed by atoms with Gasteiger partial charge in [-0.2, -0.15) is 0 Å². The third-order valence-corrected chi connectivity index (χ3v) is 4.44. The molecular weight excluding hydrogens is 288 g/mol. The minimum Gasteiger partial charge on any atom is -0.455 e. The summed E-state index contributed by atoms with van der Waals surface area (Å²) in [6, 6.07) is 13.3. The largest absolute Gasteiger partial charge is 0.455 e. The predicted octanol–water partition coefficient (Wildman–Crippen LogP) is 3.57. The van der Waals surface area contributed by atoms with Crippen molar-refractivity contribution in [2.45, 2.75) is 4.90 Å². The smallest absolute Gasteiger partial charge is 0.231 e. The van der Waals surface area contributed by atoms with Gasteiger partial charge in [0.05, 0.1) is 15.7 Å². The molecule has 5 heteroatoms. The van der Waals surface area contributed by atoms with Crippen molar-refractivity contribution in [3.05, 3.63) is 42.5 Å². The summed E-state index contributed by atoms with van der Waals surface area (Å²) in [4.78, 5) is 0.689. The van der Waals surface area contributed by atoms with Crippen LogP contribution in [0, 0.1) is 0 Å². The molecule has 106 valence electrons. The Hall–Kier alpha value is -2.27. The van der Waals surface area contributed by atoms with Gasteiger partial charge >= 0.3 is 0 Å². The molecule has 2 heterocycles. The van der Waals surface area contributed by atoms with Crippen molar-refractivity contribution < 1.29 is 18.1 Å². The van der Waals surface area contributed by atoms with Gasteiger partial charge in [0.2, 0.25) is 6.79 Å². The molecule has 0 radical (unpaired) electrons. The average molecular weight is 300 g/mol. The summed E-state index contributed by atoms with van der Waals surface area (Å²) in [5, 5.41) is 0.805. The van der Waals surface area contributed by atoms with Crippen LogP contribution in [-0.4, -0.2) is 17.3 Å². The van der Waals surface area contributed by atoms with Crippen LogP contribution in [0.3, 0.4) is 0 Å². The molecule has 3 aromatic rings. The molecule has 0 fully saturated rings. The standard InChI is InChI=1S/C16H12O4S/c1-21(17)16-11-7-13-14(19-9-18-13)8-12(11)20-15(16)10-5-3-2-4-6-10/h2-8H,9H2,1H3/t21-/m1/s1. The molecule has 0 spiro atoms. The third-order valence-electron chi connectivity index (χ3n) is 3.46. The Morgan fingerprint density at radius 1 is 1.05 bits per heavy atom. The van der Waals surface area contributed by atoms with Gasteiger partial charge in [-0.25, -0.2) is 0 Å². The normalized spacial score (nSPS) is 14.5. The Bertz CT molecular complexity index is 852. The molecule has 0 unspecified atom stereocenters. The van der Waals surface area contributed by atoms with E-state index in [2.05, 4.69) is 0 Å². The molecule has 0 aliphatic carbocycles. The van der Waals surface area contributed by atoms with Gasteiger partial charge < -0.3 is 13.9 Å². The van der Waals surface area contributed by atoms with Crippen LogP contribution in [0.2, 0.25) is 0 Å². The van der Waals surface area contributed by atoms with Crippen LogP contribution >= 0.6 is 0 Å². The van der Waals surface area contributed by atoms with Crippen LogP contribution in [0.25, 0.3) is 22.3 Å². The second-order valence-corrected chi connectivity index (χ2v) is 6.10. The number of hydrogen-bond donors (Lipinski definition) is 0. The molecule has 1 atom stereocenters. The summed E-state index contributed by atoms with van der Waals surface area (Å²) in [6.07, 6.45) is 1.65. The fourth-order valence-corrected chi connectivity index (χ4v) is 3.42. The lowest BCUT2D eigenvalue weighted by Gasteiger charge is -2.00. The van der Waals surface area contributed by atoms with Crippen molar-refractivity contribution in [1.82, 2.24) is 0 Å². The molecule has 1 aliphatic heterocycles. The zero-order chi connectivity index (χ0) is 14.4. The number of ether oxygens (including phenoxy) is 2. The zero-order valence-electron chi connectivity index (χ0n) is 11.3. The van der Waals surface area contributed by atoms with Gasteiger partial charge in [0, 0.05) is 23.3 Å². The van der Waals surface area contributed by atoms with E-state index in [1.165, 1.54) is 0 Å². The van der Waals surface area contributed by atoms with Crippen LogP contribution in [0.4, 0.5) is 0 Å². The molecule has 4 rings (SSSR count). The monoisotopic (exact) mass is 300 g/mol. The lowest BCUT2D eigenvalue weighted by Crippen LogP contribution is -1.93. The van der Waals surface area contributed by atoms with E-state index in [0.29, 0.717) is 27.7 Å². The summed E-state index contributed by atoms with van der Waals surface area (Å²) < 4.78 is 28.9. The van der Waals surface area contributed by atoms with E-state index in [4.69, 9.17) is 13.9 Å². The van der Waals surface area contributed by atoms with E-state index in [1.807, 2.05) is 36.4 Å². The third kappa shape index (κ3) is 1.93. The average Bonchev–Trinajstić information content (AvgIpc) is 3.08. The SMILES string of the molecule is C[S@@](=O)c1c(-c2ccccc2)oc2cc3c(cc12)OCO3. The topological polar surface area (TPSA) is 48.7 Å². The van der Waals surface area contributed by atoms with Crippen molar-refractivity contribution in [2.24, 2.45) is 0 Å². The summed E-state index contributed by atoms with van der Waals surface area (Å²) in [7, 11) is -1.17. The predicted molar refractivity (Wildman–Crippen MR) is 80.1 cm³/mol. The summed E-state index contributed by atoms with van der Waals surface area (Å²) in [6.45, 7) is 0.206. The van der Waals surface area contributed by atoms with Gasteiger partial charge in [0.1, 0.15) is 5.58 Å². The van der Waals surface area contributed by atoms with Gasteiger partial charge in [0.25, 0.3) is 0 Å². The maximum absolute atomic E-state index is 12.2. The first-order valence-corrected chi connectivity index (χ1v) is 8.05. The van der Waals surface area contributed by atoms with Crippen LogP contribution in [0.1, 0.15) is 0 Å². The maximum Gasteiger partial charge on any atom is 0.231 e. The number of rotatable bonds is 2. The summed E-state index contributed by atoms with van der Waals surface area (Å²) >= 11 is 0. The molecule has 21 heavy (non-hydrogen) atoms. The van der Waals surface area contributed by atoms with E-state index in [-0.39, 0.29) is 6.79 Å². The lowest BCUT2D eigenvalue weighted by molar-refractivity contribution is 0.174. The van der Waals surface area contributed by atoms with Crippen molar-refractivity contribution in [1.29, 1.82) is 0 Å². The van der Waals surface area contributed by atoms with Gasteiger partial charge in [-0.3, -0.25) is 4.21 Å². The van der Waals surface area contributed by atoms with Crippen molar-refractivity contribution in [3.63, 3.8) is 0 Å². The van der Waals surface area contributed by atoms with Crippen LogP contribution in [-0.2, 0) is 10.8 Å². The molecule has 2 aromatic carbocycles. The van der Waals surface area contributed by atoms with Crippen molar-refractivity contribution in [2.75, 3.05) is 13.0 Å². The number of benzene rings is 2. The van der Waals surface area contributed by atoms with Gasteiger partial charge in [-0.05, 0) is 6.07 Å². The van der Waals surface area contributed by atoms with Crippen molar-refractivity contribution >= 4 is 21.8 Å². The summed E-state index contributed by atoms with van der Waals surface area (Å²) in [5.41, 5.74) is 1.56. The van der Waals surface area contributed by atoms with E-state index >= 15 is 0 Å². The number of fused-ring (bicyclic) bond motifs is 2. The van der Waals surface area contributed by atoms with E-state index in [9.17, 15) is 4.21 Å². The fourth-order valence-electron chi connectivity index (χ4n) is 2.53. The van der Waals surface area contributed by atoms with Crippen LogP contribution in [0.5, 0.6) is 11.5 Å². The lowest BCUT2D eigenvalue weighted by atomic mass is 10.1. The molecule has 1 aromatic heterocycles. The quantitative estimate of drug-likeness (QED) is 0.726. The Kier molecular flexibility index (Phi) is 2.75. The van der Waals surface area contributed by atoms with Crippen LogP contribution < -0.4 is 9.47 Å². The minimum absolute atomic E-state index is 0.206. The maximum atomic E-state index is 12.2. The Morgan fingerprint density at radius 2 is 1.76 bits per heavy atom. The first kappa shape index (κ1) is 12.5. The number of hydrogen-bond acceptors (Lipinski definition) is 4. The molecule has 1 aliphatic rings. The van der Waals surface area contributed by atoms with Crippen LogP contribution in [0.15, 0.2) is 51.8 Å². The highest BCUT2D eigenvalue weighted by molar-refractivity contribution is 7.84. The molecule has 0 saturated carbocycles. The van der Waals surface area contributed by atoms with E-state index in [0.717, 1.165) is 10.9 Å². The Balaban J connectivity index is 2.03. The highest BCUT2D eigenvalue weighted by Crippen LogP contribution is 2.42. The Labute approximate surface area is 123 Å². The first-order valence-electron chi connectivity index (χ1n) is 6.49. The number of furan rings is 1. The Morgan fingerprint density at radius 3 is 2.48 bits per heavy atom. The van der Waals surface area contributed by atoms with Crippen molar-refractivity contribution in [3.8, 4) is 22.8 Å². The highest BCUT2D eigenvalue weighted by Gasteiger charge is 2.23. The second-order valence-electron chi connectivity index (χ2n) is 4.78. The minimum atomic E-state index is -1.17. The molecule has 0 saturated heterocycles. The molecule has 4 nitrogen and oxygen atoms in total. The van der Waals surface area contributed by atoms with E-state index < -0.39 is 10.8 Å². The molecular formula is C16H12O4S. The van der Waals surface area contributed by atoms with Gasteiger partial charge in [-0.15, -0.1) is 0 Å². The highest BCUT2D eigenvalue weighted by atomic mass is 32.2. The van der Waals surface area contributed by atoms with E-state index in [1.54, 1.807) is 12.3 Å². The zero-order valence-corrected chi connectivity index (χ0v) is 12.1. The molecule has 0 bridgehead atoms. The summed E-state index contributed by atoms with van der Waals surface area (Å²) in [5.74, 6) is 1.95. The molecule has 0 amide bonds. The van der Waals surface area contributed by atoms with Gasteiger partial charge in [-0.1, -0.05) is 30.3 Å². The fraction of sp³-hybridized carbons (Fsp3) is 0.125.